The van der Waals surface area contributed by atoms with Crippen LogP contribution < -0.4 is 0 Å². The van der Waals surface area contributed by atoms with Crippen molar-refractivity contribution in [3.63, 3.8) is 0 Å². The second-order valence-electron chi connectivity index (χ2n) is 3.97. The summed E-state index contributed by atoms with van der Waals surface area (Å²) in [6.45, 7) is 0.0353. The second-order valence-corrected chi connectivity index (χ2v) is 4.40. The van der Waals surface area contributed by atoms with Gasteiger partial charge in [0, 0.05) is 10.6 Å². The van der Waals surface area contributed by atoms with Gasteiger partial charge in [0.05, 0.1) is 13.0 Å². The van der Waals surface area contributed by atoms with Crippen LogP contribution in [0.5, 0.6) is 0 Å². The molecule has 0 radical (unpaired) electrons. The number of aromatic nitrogens is 3. The van der Waals surface area contributed by atoms with Crippen molar-refractivity contribution < 1.29 is 19.8 Å². The van der Waals surface area contributed by atoms with Gasteiger partial charge in [0.25, 0.3) is 0 Å². The molecule has 0 atom stereocenters. The molecule has 0 saturated heterocycles. The van der Waals surface area contributed by atoms with E-state index >= 15 is 0 Å². The first-order valence-electron chi connectivity index (χ1n) is 5.63. The first-order chi connectivity index (χ1) is 9.49. The third-order valence-electron chi connectivity index (χ3n) is 2.59. The summed E-state index contributed by atoms with van der Waals surface area (Å²) < 4.78 is 1.26. The van der Waals surface area contributed by atoms with Crippen molar-refractivity contribution >= 4 is 23.5 Å². The van der Waals surface area contributed by atoms with Crippen molar-refractivity contribution in [2.45, 2.75) is 13.0 Å². The number of carbonyl (C=O) groups is 2. The number of nitrogens with zero attached hydrogens (tertiary/aromatic N) is 3. The summed E-state index contributed by atoms with van der Waals surface area (Å²) in [7, 11) is 0. The van der Waals surface area contributed by atoms with E-state index in [0.29, 0.717) is 10.6 Å². The molecule has 0 unspecified atom stereocenters. The molecular formula is C12H10ClN3O4. The van der Waals surface area contributed by atoms with Gasteiger partial charge >= 0.3 is 11.9 Å². The van der Waals surface area contributed by atoms with Gasteiger partial charge in [-0.2, -0.15) is 0 Å². The summed E-state index contributed by atoms with van der Waals surface area (Å²) in [6, 6.07) is 6.48. The number of carboxylic acid groups (broad SMARTS) is 2. The van der Waals surface area contributed by atoms with Gasteiger partial charge in [-0.3, -0.25) is 4.79 Å². The SMILES string of the molecule is O=C(O)CCn1nnc(C(=O)O)c1-c1ccc(Cl)cc1. The highest BCUT2D eigenvalue weighted by molar-refractivity contribution is 6.30. The van der Waals surface area contributed by atoms with E-state index in [1.165, 1.54) is 4.68 Å². The van der Waals surface area contributed by atoms with Crippen molar-refractivity contribution in [3.8, 4) is 11.3 Å². The van der Waals surface area contributed by atoms with Crippen LogP contribution in [0.1, 0.15) is 16.9 Å². The number of carboxylic acids is 2. The van der Waals surface area contributed by atoms with Crippen LogP contribution >= 0.6 is 11.6 Å². The Balaban J connectivity index is 2.46. The van der Waals surface area contributed by atoms with Crippen LogP contribution in [-0.4, -0.2) is 37.1 Å². The lowest BCUT2D eigenvalue weighted by molar-refractivity contribution is -0.137. The lowest BCUT2D eigenvalue weighted by atomic mass is 10.1. The topological polar surface area (TPSA) is 105 Å². The molecular weight excluding hydrogens is 286 g/mol. The third-order valence-corrected chi connectivity index (χ3v) is 2.84. The van der Waals surface area contributed by atoms with Crippen molar-refractivity contribution in [1.82, 2.24) is 15.0 Å². The number of hydrogen-bond acceptors (Lipinski definition) is 4. The fraction of sp³-hybridized carbons (Fsp3) is 0.167. The van der Waals surface area contributed by atoms with Crippen LogP contribution in [0.15, 0.2) is 24.3 Å². The average Bonchev–Trinajstić information content (AvgIpc) is 2.81. The third kappa shape index (κ3) is 2.94. The highest BCUT2D eigenvalue weighted by Crippen LogP contribution is 2.24. The van der Waals surface area contributed by atoms with E-state index in [4.69, 9.17) is 21.8 Å². The predicted molar refractivity (Wildman–Crippen MR) is 69.7 cm³/mol. The van der Waals surface area contributed by atoms with E-state index < -0.39 is 11.9 Å². The Labute approximate surface area is 118 Å². The van der Waals surface area contributed by atoms with Crippen molar-refractivity contribution in [3.05, 3.63) is 35.0 Å². The number of benzene rings is 1. The summed E-state index contributed by atoms with van der Waals surface area (Å²) in [5, 5.41) is 25.6. The lowest BCUT2D eigenvalue weighted by Gasteiger charge is -2.06. The van der Waals surface area contributed by atoms with Crippen molar-refractivity contribution in [2.75, 3.05) is 0 Å². The molecule has 8 heteroatoms. The smallest absolute Gasteiger partial charge is 0.358 e. The van der Waals surface area contributed by atoms with Crippen LogP contribution in [0, 0.1) is 0 Å². The minimum atomic E-state index is -1.23. The Morgan fingerprint density at radius 3 is 2.40 bits per heavy atom. The largest absolute Gasteiger partial charge is 0.481 e. The Kier molecular flexibility index (Phi) is 3.99. The van der Waals surface area contributed by atoms with E-state index in [0.717, 1.165) is 0 Å². The van der Waals surface area contributed by atoms with Gasteiger partial charge < -0.3 is 10.2 Å². The summed E-state index contributed by atoms with van der Waals surface area (Å²) >= 11 is 5.79. The first-order valence-corrected chi connectivity index (χ1v) is 6.01. The number of hydrogen-bond donors (Lipinski definition) is 2. The number of aromatic carboxylic acids is 1. The van der Waals surface area contributed by atoms with Crippen LogP contribution in [0.25, 0.3) is 11.3 Å². The molecule has 1 heterocycles. The predicted octanol–water partition coefficient (Wildman–Crippen LogP) is 1.77. The highest BCUT2D eigenvalue weighted by Gasteiger charge is 2.20. The monoisotopic (exact) mass is 295 g/mol. The van der Waals surface area contributed by atoms with Gasteiger partial charge in [-0.1, -0.05) is 28.9 Å². The highest BCUT2D eigenvalue weighted by atomic mass is 35.5. The van der Waals surface area contributed by atoms with Crippen molar-refractivity contribution in [1.29, 1.82) is 0 Å². The van der Waals surface area contributed by atoms with E-state index in [1.807, 2.05) is 0 Å². The standard InChI is InChI=1S/C12H10ClN3O4/c13-8-3-1-7(2-4-8)11-10(12(19)20)14-15-16(11)6-5-9(17)18/h1-4H,5-6H2,(H,17,18)(H,19,20). The molecule has 0 amide bonds. The van der Waals surface area contributed by atoms with Crippen LogP contribution in [0.2, 0.25) is 5.02 Å². The van der Waals surface area contributed by atoms with E-state index in [9.17, 15) is 9.59 Å². The van der Waals surface area contributed by atoms with Crippen LogP contribution in [0.4, 0.5) is 0 Å². The molecule has 2 N–H and O–H groups in total. The second kappa shape index (κ2) is 5.70. The number of aliphatic carboxylic acids is 1. The Hall–Kier alpha value is -2.41. The fourth-order valence-electron chi connectivity index (χ4n) is 1.71. The zero-order chi connectivity index (χ0) is 14.7. The Morgan fingerprint density at radius 2 is 1.85 bits per heavy atom. The molecule has 2 aromatic rings. The number of aryl methyl sites for hydroxylation is 1. The molecule has 2 rings (SSSR count). The van der Waals surface area contributed by atoms with E-state index in [1.54, 1.807) is 24.3 Å². The fourth-order valence-corrected chi connectivity index (χ4v) is 1.83. The molecule has 1 aromatic carbocycles. The molecule has 0 aliphatic heterocycles. The van der Waals surface area contributed by atoms with Gasteiger partial charge in [0.1, 0.15) is 5.69 Å². The molecule has 104 valence electrons. The van der Waals surface area contributed by atoms with Gasteiger partial charge in [-0.05, 0) is 12.1 Å². The first kappa shape index (κ1) is 14.0. The lowest BCUT2D eigenvalue weighted by Crippen LogP contribution is -2.08. The van der Waals surface area contributed by atoms with Gasteiger partial charge in [0.2, 0.25) is 0 Å². The van der Waals surface area contributed by atoms with E-state index in [-0.39, 0.29) is 24.4 Å². The van der Waals surface area contributed by atoms with Crippen molar-refractivity contribution in [2.24, 2.45) is 0 Å². The molecule has 1 aromatic heterocycles. The summed E-state index contributed by atoms with van der Waals surface area (Å²) in [5.41, 5.74) is 0.593. The molecule has 20 heavy (non-hydrogen) atoms. The zero-order valence-corrected chi connectivity index (χ0v) is 10.9. The minimum Gasteiger partial charge on any atom is -0.481 e. The molecule has 0 aliphatic rings. The quantitative estimate of drug-likeness (QED) is 0.871. The maximum Gasteiger partial charge on any atom is 0.358 e. The molecule has 0 aliphatic carbocycles. The number of rotatable bonds is 5. The zero-order valence-electron chi connectivity index (χ0n) is 10.2. The normalized spacial score (nSPS) is 10.4. The number of halogens is 1. The average molecular weight is 296 g/mol. The maximum atomic E-state index is 11.2. The summed E-state index contributed by atoms with van der Waals surface area (Å²) in [5.74, 6) is -2.23. The minimum absolute atomic E-state index is 0.0353. The van der Waals surface area contributed by atoms with E-state index in [2.05, 4.69) is 10.3 Å². The Morgan fingerprint density at radius 1 is 1.20 bits per heavy atom. The molecule has 0 spiro atoms. The van der Waals surface area contributed by atoms with Gasteiger partial charge in [0.15, 0.2) is 5.69 Å². The molecule has 0 bridgehead atoms. The molecule has 7 nitrogen and oxygen atoms in total. The Bertz CT molecular complexity index is 651. The van der Waals surface area contributed by atoms with Gasteiger partial charge in [-0.15, -0.1) is 5.10 Å². The summed E-state index contributed by atoms with van der Waals surface area (Å²) in [4.78, 5) is 21.8. The van der Waals surface area contributed by atoms with Crippen LogP contribution in [-0.2, 0) is 11.3 Å². The summed E-state index contributed by atoms with van der Waals surface area (Å²) in [6.07, 6.45) is -0.178. The van der Waals surface area contributed by atoms with Gasteiger partial charge in [-0.25, -0.2) is 9.48 Å². The van der Waals surface area contributed by atoms with Crippen LogP contribution in [0.3, 0.4) is 0 Å². The molecule has 0 saturated carbocycles. The molecule has 0 fully saturated rings. The maximum absolute atomic E-state index is 11.2.